The van der Waals surface area contributed by atoms with Gasteiger partial charge in [0.2, 0.25) is 0 Å². The number of rotatable bonds is 6. The van der Waals surface area contributed by atoms with E-state index in [1.54, 1.807) is 6.08 Å². The van der Waals surface area contributed by atoms with Gasteiger partial charge in [-0.1, -0.05) is 66.7 Å². The molecule has 1 atom stereocenters. The summed E-state index contributed by atoms with van der Waals surface area (Å²) >= 11 is 0. The van der Waals surface area contributed by atoms with Crippen molar-refractivity contribution < 1.29 is 9.90 Å². The normalized spacial score (nSPS) is 11.4. The van der Waals surface area contributed by atoms with E-state index in [2.05, 4.69) is 11.6 Å². The lowest BCUT2D eigenvalue weighted by molar-refractivity contribution is -0.138. The van der Waals surface area contributed by atoms with Gasteiger partial charge in [0.1, 0.15) is 0 Å². The molecule has 0 amide bonds. The fourth-order valence-electron chi connectivity index (χ4n) is 2.03. The predicted octanol–water partition coefficient (Wildman–Crippen LogP) is 3.55. The third-order valence-electron chi connectivity index (χ3n) is 3.05. The van der Waals surface area contributed by atoms with Crippen LogP contribution < -0.4 is 0 Å². The van der Waals surface area contributed by atoms with Gasteiger partial charge in [0, 0.05) is 11.1 Å². The quantitative estimate of drug-likeness (QED) is 0.649. The van der Waals surface area contributed by atoms with Crippen LogP contribution in [0.5, 0.6) is 0 Å². The van der Waals surface area contributed by atoms with Crippen molar-refractivity contribution in [2.24, 2.45) is 4.99 Å². The van der Waals surface area contributed by atoms with Crippen LogP contribution in [-0.4, -0.2) is 22.8 Å². The van der Waals surface area contributed by atoms with Crippen LogP contribution in [0.4, 0.5) is 0 Å². The number of carbonyl (C=O) groups is 1. The number of benzene rings is 2. The molecule has 2 aromatic carbocycles. The highest BCUT2D eigenvalue weighted by molar-refractivity contribution is 6.13. The van der Waals surface area contributed by atoms with Gasteiger partial charge in [-0.05, 0) is 6.42 Å². The van der Waals surface area contributed by atoms with Gasteiger partial charge < -0.3 is 5.11 Å². The highest BCUT2D eigenvalue weighted by atomic mass is 16.4. The van der Waals surface area contributed by atoms with E-state index in [4.69, 9.17) is 0 Å². The minimum absolute atomic E-state index is 0.304. The maximum atomic E-state index is 11.3. The zero-order valence-corrected chi connectivity index (χ0v) is 11.6. The van der Waals surface area contributed by atoms with Crippen molar-refractivity contribution in [3.63, 3.8) is 0 Å². The Morgan fingerprint density at radius 2 is 1.52 bits per heavy atom. The molecule has 0 aromatic heterocycles. The fraction of sp³-hybridized carbons (Fsp3) is 0.111. The second kappa shape index (κ2) is 7.20. The third kappa shape index (κ3) is 3.89. The molecule has 3 heteroatoms. The Bertz CT molecular complexity index is 591. The molecule has 2 aromatic rings. The molecule has 0 saturated heterocycles. The maximum Gasteiger partial charge on any atom is 0.328 e. The van der Waals surface area contributed by atoms with E-state index in [0.717, 1.165) is 11.1 Å². The number of hydrogen-bond acceptors (Lipinski definition) is 2. The van der Waals surface area contributed by atoms with Gasteiger partial charge in [-0.25, -0.2) is 4.79 Å². The van der Waals surface area contributed by atoms with Gasteiger partial charge in [-0.15, -0.1) is 6.58 Å². The summed E-state index contributed by atoms with van der Waals surface area (Å²) < 4.78 is 0. The first-order valence-corrected chi connectivity index (χ1v) is 6.74. The fourth-order valence-corrected chi connectivity index (χ4v) is 2.03. The van der Waals surface area contributed by atoms with Crippen LogP contribution in [0.1, 0.15) is 17.5 Å². The second-order valence-corrected chi connectivity index (χ2v) is 4.59. The molecule has 21 heavy (non-hydrogen) atoms. The van der Waals surface area contributed by atoms with Crippen molar-refractivity contribution in [1.82, 2.24) is 0 Å². The summed E-state index contributed by atoms with van der Waals surface area (Å²) in [5, 5.41) is 9.29. The highest BCUT2D eigenvalue weighted by Crippen LogP contribution is 2.13. The summed E-state index contributed by atoms with van der Waals surface area (Å²) in [6.45, 7) is 3.60. The molecule has 2 rings (SSSR count). The summed E-state index contributed by atoms with van der Waals surface area (Å²) in [6, 6.07) is 18.4. The van der Waals surface area contributed by atoms with Crippen molar-refractivity contribution in [2.75, 3.05) is 0 Å². The van der Waals surface area contributed by atoms with E-state index in [1.807, 2.05) is 60.7 Å². The molecule has 106 valence electrons. The number of hydrogen-bond donors (Lipinski definition) is 1. The Labute approximate surface area is 124 Å². The molecule has 3 nitrogen and oxygen atoms in total. The van der Waals surface area contributed by atoms with Crippen LogP contribution in [-0.2, 0) is 4.79 Å². The Kier molecular flexibility index (Phi) is 5.04. The zero-order chi connectivity index (χ0) is 15.1. The first-order valence-electron chi connectivity index (χ1n) is 6.74. The monoisotopic (exact) mass is 279 g/mol. The van der Waals surface area contributed by atoms with Crippen LogP contribution in [0.3, 0.4) is 0 Å². The lowest BCUT2D eigenvalue weighted by Gasteiger charge is -2.11. The number of carboxylic acid groups (broad SMARTS) is 1. The molecular weight excluding hydrogens is 262 g/mol. The molecule has 0 heterocycles. The smallest absolute Gasteiger partial charge is 0.328 e. The van der Waals surface area contributed by atoms with Gasteiger partial charge >= 0.3 is 5.97 Å². The Hall–Kier alpha value is -2.68. The average molecular weight is 279 g/mol. The second-order valence-electron chi connectivity index (χ2n) is 4.59. The topological polar surface area (TPSA) is 49.7 Å². The summed E-state index contributed by atoms with van der Waals surface area (Å²) in [4.78, 5) is 15.8. The molecular formula is C18H17NO2. The van der Waals surface area contributed by atoms with Gasteiger partial charge in [-0.2, -0.15) is 0 Å². The standard InChI is InChI=1S/C18H17NO2/c1-2-9-16(18(20)21)19-17(14-10-5-3-6-11-14)15-12-7-4-8-13-15/h2-8,10-13,16H,1,9H2,(H,20,21). The summed E-state index contributed by atoms with van der Waals surface area (Å²) in [6.07, 6.45) is 1.88. The minimum Gasteiger partial charge on any atom is -0.480 e. The minimum atomic E-state index is -0.945. The molecule has 0 fully saturated rings. The van der Waals surface area contributed by atoms with E-state index >= 15 is 0 Å². The van der Waals surface area contributed by atoms with E-state index in [9.17, 15) is 9.90 Å². The Morgan fingerprint density at radius 3 is 1.90 bits per heavy atom. The molecule has 1 unspecified atom stereocenters. The number of nitrogens with zero attached hydrogens (tertiary/aromatic N) is 1. The summed E-state index contributed by atoms with van der Waals surface area (Å²) in [5.41, 5.74) is 2.49. The number of aliphatic carboxylic acids is 1. The molecule has 0 bridgehead atoms. The SMILES string of the molecule is C=CCC(N=C(c1ccccc1)c1ccccc1)C(=O)O. The summed E-state index contributed by atoms with van der Waals surface area (Å²) in [7, 11) is 0. The predicted molar refractivity (Wildman–Crippen MR) is 84.8 cm³/mol. The molecule has 0 saturated carbocycles. The van der Waals surface area contributed by atoms with Gasteiger partial charge in [0.05, 0.1) is 5.71 Å². The number of carboxylic acids is 1. The van der Waals surface area contributed by atoms with E-state index in [1.165, 1.54) is 0 Å². The van der Waals surface area contributed by atoms with Gasteiger partial charge in [0.25, 0.3) is 0 Å². The van der Waals surface area contributed by atoms with E-state index in [-0.39, 0.29) is 0 Å². The Morgan fingerprint density at radius 1 is 1.05 bits per heavy atom. The van der Waals surface area contributed by atoms with E-state index in [0.29, 0.717) is 12.1 Å². The lowest BCUT2D eigenvalue weighted by atomic mass is 10.0. The van der Waals surface area contributed by atoms with Crippen LogP contribution in [0.2, 0.25) is 0 Å². The van der Waals surface area contributed by atoms with Crippen molar-refractivity contribution in [3.05, 3.63) is 84.4 Å². The molecule has 0 aliphatic rings. The zero-order valence-electron chi connectivity index (χ0n) is 11.6. The maximum absolute atomic E-state index is 11.3. The van der Waals surface area contributed by atoms with Crippen molar-refractivity contribution in [3.8, 4) is 0 Å². The highest BCUT2D eigenvalue weighted by Gasteiger charge is 2.17. The van der Waals surface area contributed by atoms with E-state index < -0.39 is 12.0 Å². The van der Waals surface area contributed by atoms with Crippen LogP contribution in [0.25, 0.3) is 0 Å². The largest absolute Gasteiger partial charge is 0.480 e. The lowest BCUT2D eigenvalue weighted by Crippen LogP contribution is -2.20. The van der Waals surface area contributed by atoms with Gasteiger partial charge in [-0.3, -0.25) is 4.99 Å². The molecule has 0 radical (unpaired) electrons. The molecule has 1 N–H and O–H groups in total. The third-order valence-corrected chi connectivity index (χ3v) is 3.05. The molecule has 0 spiro atoms. The van der Waals surface area contributed by atoms with Crippen molar-refractivity contribution in [1.29, 1.82) is 0 Å². The van der Waals surface area contributed by atoms with Crippen molar-refractivity contribution in [2.45, 2.75) is 12.5 Å². The average Bonchev–Trinajstić information content (AvgIpc) is 2.53. The van der Waals surface area contributed by atoms with Crippen molar-refractivity contribution >= 4 is 11.7 Å². The number of aliphatic imine (C=N–C) groups is 1. The Balaban J connectivity index is 2.50. The van der Waals surface area contributed by atoms with Crippen LogP contribution >= 0.6 is 0 Å². The first-order chi connectivity index (χ1) is 10.2. The van der Waals surface area contributed by atoms with Crippen LogP contribution in [0.15, 0.2) is 78.3 Å². The summed E-state index contributed by atoms with van der Waals surface area (Å²) in [5.74, 6) is -0.945. The first kappa shape index (κ1) is 14.7. The molecule has 0 aliphatic carbocycles. The van der Waals surface area contributed by atoms with Crippen LogP contribution in [0, 0.1) is 0 Å². The molecule has 0 aliphatic heterocycles. The van der Waals surface area contributed by atoms with Gasteiger partial charge in [0.15, 0.2) is 6.04 Å².